The number of ether oxygens (including phenoxy) is 1. The molecule has 0 aliphatic carbocycles. The largest absolute Gasteiger partial charge is 0.494 e. The molecule has 3 aromatic rings. The van der Waals surface area contributed by atoms with Gasteiger partial charge in [0, 0.05) is 6.54 Å². The van der Waals surface area contributed by atoms with Gasteiger partial charge in [-0.3, -0.25) is 9.59 Å². The van der Waals surface area contributed by atoms with E-state index >= 15 is 0 Å². The normalized spacial score (nSPS) is 16.0. The van der Waals surface area contributed by atoms with Crippen molar-refractivity contribution in [3.05, 3.63) is 82.4 Å². The molecule has 2 amide bonds. The average Bonchev–Trinajstić information content (AvgIpc) is 3.21. The molecule has 42 heavy (non-hydrogen) atoms. The zero-order chi connectivity index (χ0) is 31.0. The summed E-state index contributed by atoms with van der Waals surface area (Å²) in [5.74, 6) is -0.576. The van der Waals surface area contributed by atoms with E-state index in [1.807, 2.05) is 26.8 Å². The molecule has 4 rings (SSSR count). The van der Waals surface area contributed by atoms with Crippen LogP contribution in [0, 0.1) is 27.7 Å². The lowest BCUT2D eigenvalue weighted by atomic mass is 10.0. The third-order valence-electron chi connectivity index (χ3n) is 7.61. The predicted octanol–water partition coefficient (Wildman–Crippen LogP) is 3.53. The first-order valence-corrected chi connectivity index (χ1v) is 16.5. The summed E-state index contributed by atoms with van der Waals surface area (Å²) in [7, 11) is -8.17. The van der Waals surface area contributed by atoms with Gasteiger partial charge < -0.3 is 4.74 Å². The average molecular weight is 614 g/mol. The number of imide groups is 1. The Morgan fingerprint density at radius 1 is 0.905 bits per heavy atom. The van der Waals surface area contributed by atoms with E-state index in [9.17, 15) is 26.4 Å². The van der Waals surface area contributed by atoms with Crippen LogP contribution >= 0.6 is 0 Å². The van der Waals surface area contributed by atoms with Crippen molar-refractivity contribution in [2.45, 2.75) is 63.3 Å². The Morgan fingerprint density at radius 3 is 2.00 bits per heavy atom. The van der Waals surface area contributed by atoms with Crippen molar-refractivity contribution in [2.24, 2.45) is 5.14 Å². The van der Waals surface area contributed by atoms with Crippen LogP contribution < -0.4 is 14.8 Å². The first-order chi connectivity index (χ1) is 19.7. The maximum atomic E-state index is 14.4. The molecule has 1 aliphatic rings. The molecule has 0 aromatic heterocycles. The lowest BCUT2D eigenvalue weighted by molar-refractivity contribution is -0.122. The van der Waals surface area contributed by atoms with Crippen LogP contribution in [0.25, 0.3) is 0 Å². The van der Waals surface area contributed by atoms with Crippen LogP contribution in [0.2, 0.25) is 0 Å². The number of sulfonamides is 2. The molecule has 1 saturated heterocycles. The van der Waals surface area contributed by atoms with E-state index in [2.05, 4.69) is 0 Å². The lowest BCUT2D eigenvalue weighted by Gasteiger charge is -2.29. The van der Waals surface area contributed by atoms with Crippen molar-refractivity contribution < 1.29 is 31.2 Å². The van der Waals surface area contributed by atoms with Crippen LogP contribution in [-0.4, -0.2) is 52.1 Å². The van der Waals surface area contributed by atoms with Crippen molar-refractivity contribution >= 4 is 37.5 Å². The molecular weight excluding hydrogens is 578 g/mol. The van der Waals surface area contributed by atoms with Gasteiger partial charge in [-0.25, -0.2) is 26.9 Å². The number of hydrogen-bond acceptors (Lipinski definition) is 7. The van der Waals surface area contributed by atoms with Crippen LogP contribution in [0.1, 0.15) is 41.2 Å². The summed E-state index contributed by atoms with van der Waals surface area (Å²) in [6.07, 6.45) is -0.160. The summed E-state index contributed by atoms with van der Waals surface area (Å²) >= 11 is 0. The molecule has 0 bridgehead atoms. The minimum atomic E-state index is -4.27. The molecule has 224 valence electrons. The molecule has 1 atom stereocenters. The number of benzene rings is 3. The quantitative estimate of drug-likeness (QED) is 0.345. The second kappa shape index (κ2) is 12.0. The number of aryl methyl sites for hydroxylation is 2. The summed E-state index contributed by atoms with van der Waals surface area (Å²) in [5, 5.41) is 5.20. The van der Waals surface area contributed by atoms with Crippen molar-refractivity contribution in [2.75, 3.05) is 18.1 Å². The summed E-state index contributed by atoms with van der Waals surface area (Å²) in [5.41, 5.74) is 3.68. The summed E-state index contributed by atoms with van der Waals surface area (Å²) in [4.78, 5) is 28.1. The number of anilines is 1. The first kappa shape index (κ1) is 31.4. The fourth-order valence-corrected chi connectivity index (χ4v) is 7.86. The highest BCUT2D eigenvalue weighted by molar-refractivity contribution is 7.89. The molecule has 0 radical (unpaired) electrons. The standard InChI is InChI=1S/C30H35N3O7S2/c1-6-40-25-11-9-24(10-12-25)33-28(34)18-27(30(33)35)32(16-15-23-7-13-26(14-8-23)41(31,36)37)42(38,39)29-21(4)19(2)17-20(3)22(29)5/h7-14,17,27H,6,15-16,18H2,1-5H3,(H2,31,36,37). The highest BCUT2D eigenvalue weighted by Crippen LogP contribution is 2.34. The SMILES string of the molecule is CCOc1ccc(N2C(=O)CC(N(CCc3ccc(S(N)(=O)=O)cc3)S(=O)(=O)c3c(C)c(C)cc(C)c3C)C2=O)cc1. The molecule has 0 saturated carbocycles. The Kier molecular flexibility index (Phi) is 8.93. The molecular formula is C30H35N3O7S2. The summed E-state index contributed by atoms with van der Waals surface area (Å²) < 4.78 is 58.7. The van der Waals surface area contributed by atoms with Crippen molar-refractivity contribution in [1.29, 1.82) is 0 Å². The van der Waals surface area contributed by atoms with Gasteiger partial charge in [0.05, 0.1) is 28.5 Å². The van der Waals surface area contributed by atoms with E-state index in [1.165, 1.54) is 12.1 Å². The van der Waals surface area contributed by atoms with E-state index < -0.39 is 37.9 Å². The van der Waals surface area contributed by atoms with E-state index in [1.54, 1.807) is 50.2 Å². The molecule has 10 nitrogen and oxygen atoms in total. The molecule has 1 aliphatic heterocycles. The Labute approximate surface area is 247 Å². The van der Waals surface area contributed by atoms with E-state index in [0.29, 0.717) is 34.7 Å². The van der Waals surface area contributed by atoms with E-state index in [4.69, 9.17) is 9.88 Å². The number of carbonyl (C=O) groups is 2. The van der Waals surface area contributed by atoms with Gasteiger partial charge >= 0.3 is 0 Å². The third kappa shape index (κ3) is 6.12. The van der Waals surface area contributed by atoms with E-state index in [-0.39, 0.29) is 29.2 Å². The number of primary sulfonamides is 1. The fraction of sp³-hybridized carbons (Fsp3) is 0.333. The van der Waals surface area contributed by atoms with E-state index in [0.717, 1.165) is 20.3 Å². The molecule has 1 heterocycles. The van der Waals surface area contributed by atoms with Crippen molar-refractivity contribution in [1.82, 2.24) is 4.31 Å². The smallest absolute Gasteiger partial charge is 0.252 e. The van der Waals surface area contributed by atoms with Crippen LogP contribution in [-0.2, 0) is 36.1 Å². The summed E-state index contributed by atoms with van der Waals surface area (Å²) in [6.45, 7) is 9.29. The molecule has 2 N–H and O–H groups in total. The minimum Gasteiger partial charge on any atom is -0.494 e. The monoisotopic (exact) mass is 613 g/mol. The van der Waals surface area contributed by atoms with Crippen molar-refractivity contribution in [3.8, 4) is 5.75 Å². The Balaban J connectivity index is 1.75. The van der Waals surface area contributed by atoms with Crippen molar-refractivity contribution in [3.63, 3.8) is 0 Å². The molecule has 3 aromatic carbocycles. The fourth-order valence-electron chi connectivity index (χ4n) is 5.18. The second-order valence-electron chi connectivity index (χ2n) is 10.4. The number of rotatable bonds is 10. The molecule has 0 spiro atoms. The van der Waals surface area contributed by atoms with Gasteiger partial charge in [-0.05, 0) is 105 Å². The number of carbonyl (C=O) groups excluding carboxylic acids is 2. The number of nitrogens with zero attached hydrogens (tertiary/aromatic N) is 2. The lowest BCUT2D eigenvalue weighted by Crippen LogP contribution is -2.46. The Morgan fingerprint density at radius 2 is 1.48 bits per heavy atom. The van der Waals surface area contributed by atoms with Crippen LogP contribution in [0.3, 0.4) is 0 Å². The maximum Gasteiger partial charge on any atom is 0.252 e. The van der Waals surface area contributed by atoms with Crippen LogP contribution in [0.5, 0.6) is 5.75 Å². The summed E-state index contributed by atoms with van der Waals surface area (Å²) in [6, 6.07) is 12.9. The Hall–Kier alpha value is -3.58. The highest BCUT2D eigenvalue weighted by Gasteiger charge is 2.47. The number of amides is 2. The topological polar surface area (TPSA) is 144 Å². The van der Waals surface area contributed by atoms with Crippen LogP contribution in [0.4, 0.5) is 5.69 Å². The number of nitrogens with two attached hydrogens (primary N) is 1. The van der Waals surface area contributed by atoms with Gasteiger partial charge in [0.15, 0.2) is 0 Å². The predicted molar refractivity (Wildman–Crippen MR) is 159 cm³/mol. The highest BCUT2D eigenvalue weighted by atomic mass is 32.2. The molecule has 1 fully saturated rings. The zero-order valence-corrected chi connectivity index (χ0v) is 25.9. The van der Waals surface area contributed by atoms with Crippen LogP contribution in [0.15, 0.2) is 64.4 Å². The number of hydrogen-bond donors (Lipinski definition) is 1. The minimum absolute atomic E-state index is 0.0697. The van der Waals surface area contributed by atoms with Gasteiger partial charge in [-0.1, -0.05) is 18.2 Å². The first-order valence-electron chi connectivity index (χ1n) is 13.5. The van der Waals surface area contributed by atoms with Gasteiger partial charge in [0.2, 0.25) is 26.0 Å². The van der Waals surface area contributed by atoms with Gasteiger partial charge in [-0.15, -0.1) is 0 Å². The van der Waals surface area contributed by atoms with Gasteiger partial charge in [0.1, 0.15) is 11.8 Å². The zero-order valence-electron chi connectivity index (χ0n) is 24.2. The Bertz CT molecular complexity index is 1710. The third-order valence-corrected chi connectivity index (χ3v) is 10.7. The molecule has 1 unspecified atom stereocenters. The molecule has 12 heteroatoms. The second-order valence-corrected chi connectivity index (χ2v) is 13.7. The van der Waals surface area contributed by atoms with Gasteiger partial charge in [0.25, 0.3) is 5.91 Å². The van der Waals surface area contributed by atoms with Gasteiger partial charge in [-0.2, -0.15) is 4.31 Å². The maximum absolute atomic E-state index is 14.4.